The van der Waals surface area contributed by atoms with E-state index in [0.29, 0.717) is 12.0 Å². The van der Waals surface area contributed by atoms with E-state index in [9.17, 15) is 10.2 Å². The van der Waals surface area contributed by atoms with Crippen LogP contribution in [0.2, 0.25) is 0 Å². The molecule has 0 bridgehead atoms. The van der Waals surface area contributed by atoms with E-state index in [-0.39, 0.29) is 11.5 Å². The maximum Gasteiger partial charge on any atom is 0.0543 e. The lowest BCUT2D eigenvalue weighted by Crippen LogP contribution is -2.56. The van der Waals surface area contributed by atoms with Crippen LogP contribution in [0.1, 0.15) is 85.0 Å². The smallest absolute Gasteiger partial charge is 0.0543 e. The maximum absolute atomic E-state index is 11.0. The quantitative estimate of drug-likeness (QED) is 0.652. The first-order chi connectivity index (χ1) is 14.4. The maximum atomic E-state index is 11.0. The van der Waals surface area contributed by atoms with Crippen LogP contribution in [-0.4, -0.2) is 46.5 Å². The minimum Gasteiger partial charge on any atom is -0.396 e. The fraction of sp³-hybridized carbons (Fsp3) is 1.00. The summed E-state index contributed by atoms with van der Waals surface area (Å²) < 4.78 is 0. The molecule has 2 aliphatic heterocycles. The van der Waals surface area contributed by atoms with Crippen LogP contribution >= 0.6 is 0 Å². The fourth-order valence-electron chi connectivity index (χ4n) is 11.0. The summed E-state index contributed by atoms with van der Waals surface area (Å²) in [7, 11) is 0. The van der Waals surface area contributed by atoms with E-state index in [1.807, 2.05) is 0 Å². The second-order valence-corrected chi connectivity index (χ2v) is 13.1. The van der Waals surface area contributed by atoms with Crippen LogP contribution in [0, 0.1) is 52.3 Å². The Morgan fingerprint density at radius 2 is 1.73 bits per heavy atom. The number of piperidine rings is 1. The highest BCUT2D eigenvalue weighted by Crippen LogP contribution is 2.70. The molecule has 170 valence electrons. The molecule has 0 spiro atoms. The normalized spacial score (nSPS) is 60.3. The number of fused-ring (bicyclic) bond motifs is 9. The van der Waals surface area contributed by atoms with E-state index in [4.69, 9.17) is 0 Å². The average molecular weight is 416 g/mol. The van der Waals surface area contributed by atoms with Gasteiger partial charge in [-0.25, -0.2) is 0 Å². The van der Waals surface area contributed by atoms with Crippen LogP contribution < -0.4 is 0 Å². The second kappa shape index (κ2) is 6.94. The fourth-order valence-corrected chi connectivity index (χ4v) is 11.0. The summed E-state index contributed by atoms with van der Waals surface area (Å²) in [6.07, 6.45) is 12.7. The largest absolute Gasteiger partial charge is 0.396 e. The Hall–Kier alpha value is -0.120. The highest BCUT2D eigenvalue weighted by Gasteiger charge is 2.68. The monoisotopic (exact) mass is 415 g/mol. The van der Waals surface area contributed by atoms with Gasteiger partial charge in [0.2, 0.25) is 0 Å². The van der Waals surface area contributed by atoms with Crippen molar-refractivity contribution < 1.29 is 10.2 Å². The van der Waals surface area contributed by atoms with Gasteiger partial charge in [-0.05, 0) is 111 Å². The summed E-state index contributed by atoms with van der Waals surface area (Å²) in [4.78, 5) is 2.94. The summed E-state index contributed by atoms with van der Waals surface area (Å²) in [5.41, 5.74) is 0.637. The Bertz CT molecular complexity index is 682. The van der Waals surface area contributed by atoms with Gasteiger partial charge in [-0.2, -0.15) is 0 Å². The van der Waals surface area contributed by atoms with Crippen molar-refractivity contribution >= 4 is 0 Å². The predicted molar refractivity (Wildman–Crippen MR) is 120 cm³/mol. The third-order valence-corrected chi connectivity index (χ3v) is 12.3. The van der Waals surface area contributed by atoms with E-state index in [0.717, 1.165) is 66.4 Å². The standard InChI is InChI=1S/C27H45NO2/c1-16-4-7-23-17(2)25-24(28(23)14-16)13-22-20-6-5-18-12-19(30)8-10-26(18,3)21(20)9-11-27(22,25)15-29/h16-25,29-30H,4-15H2,1-3H3. The van der Waals surface area contributed by atoms with Gasteiger partial charge in [-0.3, -0.25) is 4.90 Å². The summed E-state index contributed by atoms with van der Waals surface area (Å²) in [5, 5.41) is 21.3. The van der Waals surface area contributed by atoms with Crippen LogP contribution in [0.3, 0.4) is 0 Å². The molecule has 6 rings (SSSR count). The first-order valence-electron chi connectivity index (χ1n) is 13.4. The number of hydrogen-bond donors (Lipinski definition) is 2. The van der Waals surface area contributed by atoms with Crippen molar-refractivity contribution in [2.75, 3.05) is 13.2 Å². The molecule has 0 amide bonds. The molecule has 30 heavy (non-hydrogen) atoms. The van der Waals surface area contributed by atoms with Crippen LogP contribution in [0.15, 0.2) is 0 Å². The van der Waals surface area contributed by atoms with E-state index in [1.54, 1.807) is 0 Å². The third kappa shape index (κ3) is 2.55. The lowest BCUT2D eigenvalue weighted by molar-refractivity contribution is -0.143. The SMILES string of the molecule is CC1CCC2C(C)C3C(CC4C5CCC6CC(O)CCC6(C)C5CCC43CO)N2C1. The number of aliphatic hydroxyl groups is 2. The number of rotatable bonds is 1. The molecule has 2 saturated heterocycles. The van der Waals surface area contributed by atoms with Crippen molar-refractivity contribution in [2.45, 2.75) is 103 Å². The molecule has 3 nitrogen and oxygen atoms in total. The molecule has 4 saturated carbocycles. The average Bonchev–Trinajstić information content (AvgIpc) is 3.22. The minimum absolute atomic E-state index is 0.0514. The van der Waals surface area contributed by atoms with Gasteiger partial charge in [0.15, 0.2) is 0 Å². The highest BCUT2D eigenvalue weighted by molar-refractivity contribution is 5.18. The Balaban J connectivity index is 1.32. The predicted octanol–water partition coefficient (Wildman–Crippen LogP) is 4.71. The van der Waals surface area contributed by atoms with Gasteiger partial charge in [-0.1, -0.05) is 20.8 Å². The number of aliphatic hydroxyl groups excluding tert-OH is 2. The first-order valence-corrected chi connectivity index (χ1v) is 13.4. The molecule has 0 aromatic heterocycles. The van der Waals surface area contributed by atoms with Crippen LogP contribution in [0.4, 0.5) is 0 Å². The van der Waals surface area contributed by atoms with Gasteiger partial charge in [0.1, 0.15) is 0 Å². The lowest BCUT2D eigenvalue weighted by Gasteiger charge is -2.61. The zero-order chi connectivity index (χ0) is 20.8. The summed E-state index contributed by atoms with van der Waals surface area (Å²) in [5.74, 6) is 5.45. The van der Waals surface area contributed by atoms with Gasteiger partial charge >= 0.3 is 0 Å². The zero-order valence-electron chi connectivity index (χ0n) is 19.6. The molecule has 2 N–H and O–H groups in total. The molecule has 3 heteroatoms. The van der Waals surface area contributed by atoms with Crippen molar-refractivity contribution in [1.29, 1.82) is 0 Å². The van der Waals surface area contributed by atoms with E-state index in [1.165, 1.54) is 57.9 Å². The molecule has 6 fully saturated rings. The molecule has 4 aliphatic carbocycles. The Morgan fingerprint density at radius 3 is 2.53 bits per heavy atom. The second-order valence-electron chi connectivity index (χ2n) is 13.1. The van der Waals surface area contributed by atoms with E-state index >= 15 is 0 Å². The molecule has 6 aliphatic rings. The number of nitrogens with zero attached hydrogens (tertiary/aromatic N) is 1. The third-order valence-electron chi connectivity index (χ3n) is 12.3. The molecular formula is C27H45NO2. The van der Waals surface area contributed by atoms with Gasteiger partial charge in [0.05, 0.1) is 6.10 Å². The topological polar surface area (TPSA) is 43.7 Å². The van der Waals surface area contributed by atoms with Gasteiger partial charge in [0.25, 0.3) is 0 Å². The van der Waals surface area contributed by atoms with Crippen LogP contribution in [0.25, 0.3) is 0 Å². The summed E-state index contributed by atoms with van der Waals surface area (Å²) in [6.45, 7) is 9.32. The molecule has 0 radical (unpaired) electrons. The molecule has 12 unspecified atom stereocenters. The molecule has 12 atom stereocenters. The van der Waals surface area contributed by atoms with Crippen molar-refractivity contribution in [1.82, 2.24) is 4.90 Å². The minimum atomic E-state index is -0.0514. The Morgan fingerprint density at radius 1 is 0.900 bits per heavy atom. The van der Waals surface area contributed by atoms with E-state index < -0.39 is 0 Å². The van der Waals surface area contributed by atoms with Gasteiger partial charge < -0.3 is 10.2 Å². The Labute approximate surface area is 184 Å². The van der Waals surface area contributed by atoms with Crippen molar-refractivity contribution in [3.8, 4) is 0 Å². The Kier molecular flexibility index (Phi) is 4.74. The lowest BCUT2D eigenvalue weighted by atomic mass is 9.44. The van der Waals surface area contributed by atoms with Crippen molar-refractivity contribution in [3.05, 3.63) is 0 Å². The first kappa shape index (κ1) is 20.5. The van der Waals surface area contributed by atoms with Crippen molar-refractivity contribution in [3.63, 3.8) is 0 Å². The number of hydrogen-bond acceptors (Lipinski definition) is 3. The van der Waals surface area contributed by atoms with Gasteiger partial charge in [0, 0.05) is 30.7 Å². The summed E-state index contributed by atoms with van der Waals surface area (Å²) in [6, 6.07) is 1.52. The zero-order valence-corrected chi connectivity index (χ0v) is 19.6. The summed E-state index contributed by atoms with van der Waals surface area (Å²) >= 11 is 0. The van der Waals surface area contributed by atoms with Crippen molar-refractivity contribution in [2.24, 2.45) is 52.3 Å². The van der Waals surface area contributed by atoms with Gasteiger partial charge in [-0.15, -0.1) is 0 Å². The molecule has 0 aromatic carbocycles. The molecule has 2 heterocycles. The molecular weight excluding hydrogens is 370 g/mol. The van der Waals surface area contributed by atoms with E-state index in [2.05, 4.69) is 25.7 Å². The van der Waals surface area contributed by atoms with Crippen LogP contribution in [-0.2, 0) is 0 Å². The molecule has 0 aromatic rings. The van der Waals surface area contributed by atoms with Crippen LogP contribution in [0.5, 0.6) is 0 Å². The highest BCUT2D eigenvalue weighted by atomic mass is 16.3.